The van der Waals surface area contributed by atoms with E-state index in [4.69, 9.17) is 17.2 Å². The molecule has 1 aliphatic rings. The van der Waals surface area contributed by atoms with Gasteiger partial charge >= 0.3 is 0 Å². The lowest BCUT2D eigenvalue weighted by atomic mass is 9.97. The highest BCUT2D eigenvalue weighted by molar-refractivity contribution is 7.80. The van der Waals surface area contributed by atoms with Crippen LogP contribution < -0.4 is 5.32 Å². The van der Waals surface area contributed by atoms with Gasteiger partial charge in [-0.15, -0.1) is 0 Å². The molecule has 0 aromatic heterocycles. The fourth-order valence-electron chi connectivity index (χ4n) is 2.45. The molecule has 1 N–H and O–H groups in total. The summed E-state index contributed by atoms with van der Waals surface area (Å²) in [6.45, 7) is 3.54. The molecule has 1 atom stereocenters. The molecule has 0 saturated carbocycles. The molecule has 22 heavy (non-hydrogen) atoms. The summed E-state index contributed by atoms with van der Waals surface area (Å²) in [5.41, 5.74) is 4.35. The van der Waals surface area contributed by atoms with Crippen LogP contribution in [0.1, 0.15) is 35.3 Å². The summed E-state index contributed by atoms with van der Waals surface area (Å²) in [6.07, 6.45) is 0. The van der Waals surface area contributed by atoms with Gasteiger partial charge in [-0.2, -0.15) is 0 Å². The first-order valence-electron chi connectivity index (χ1n) is 7.15. The van der Waals surface area contributed by atoms with Crippen LogP contribution in [0.15, 0.2) is 53.5 Å². The van der Waals surface area contributed by atoms with E-state index in [0.717, 1.165) is 22.5 Å². The van der Waals surface area contributed by atoms with Gasteiger partial charge in [0.05, 0.1) is 11.8 Å². The molecule has 0 aliphatic carbocycles. The lowest BCUT2D eigenvalue weighted by molar-refractivity contribution is 0.101. The standard InChI is InChI=1S/C18H16N2OS/c1-11-18(22)20-16-9-8-14(12(2)21)10-15(16)17(19-11)13-6-4-3-5-7-13/h3-11H,1-2H3,(H,20,22). The molecular formula is C18H16N2OS. The normalized spacial score (nSPS) is 17.1. The topological polar surface area (TPSA) is 41.5 Å². The maximum absolute atomic E-state index is 11.7. The fourth-order valence-corrected chi connectivity index (χ4v) is 2.62. The van der Waals surface area contributed by atoms with E-state index in [1.54, 1.807) is 6.92 Å². The van der Waals surface area contributed by atoms with E-state index in [-0.39, 0.29) is 11.8 Å². The number of benzodiazepines with no additional fused rings is 1. The monoisotopic (exact) mass is 308 g/mol. The summed E-state index contributed by atoms with van der Waals surface area (Å²) in [5, 5.41) is 3.24. The molecule has 0 spiro atoms. The Balaban J connectivity index is 2.24. The second-order valence-corrected chi connectivity index (χ2v) is 5.77. The van der Waals surface area contributed by atoms with E-state index in [1.807, 2.05) is 55.5 Å². The van der Waals surface area contributed by atoms with Crippen molar-refractivity contribution in [1.82, 2.24) is 0 Å². The number of hydrogen-bond donors (Lipinski definition) is 1. The highest BCUT2D eigenvalue weighted by Crippen LogP contribution is 2.26. The first kappa shape index (κ1) is 14.6. The molecule has 2 aromatic rings. The predicted molar refractivity (Wildman–Crippen MR) is 94.2 cm³/mol. The summed E-state index contributed by atoms with van der Waals surface area (Å²) in [5.74, 6) is 0.0371. The van der Waals surface area contributed by atoms with Crippen LogP contribution in [0, 0.1) is 0 Å². The van der Waals surface area contributed by atoms with Crippen LogP contribution in [0.3, 0.4) is 0 Å². The van der Waals surface area contributed by atoms with Crippen molar-refractivity contribution in [2.24, 2.45) is 4.99 Å². The number of Topliss-reactive ketones (excluding diaryl/α,β-unsaturated/α-hetero) is 1. The smallest absolute Gasteiger partial charge is 0.159 e. The molecule has 1 heterocycles. The molecule has 3 rings (SSSR count). The number of carbonyl (C=O) groups excluding carboxylic acids is 1. The SMILES string of the molecule is CC(=O)c1ccc2c(c1)C(c1ccccc1)=NC(C)C(=S)N2. The van der Waals surface area contributed by atoms with E-state index in [0.29, 0.717) is 10.6 Å². The fraction of sp³-hybridized carbons (Fsp3) is 0.167. The number of aliphatic imine (C=N–C) groups is 1. The number of hydrogen-bond acceptors (Lipinski definition) is 3. The number of benzene rings is 2. The van der Waals surface area contributed by atoms with Gasteiger partial charge in [0, 0.05) is 22.4 Å². The molecule has 0 amide bonds. The Kier molecular flexibility index (Phi) is 3.86. The Morgan fingerprint density at radius 2 is 1.91 bits per heavy atom. The van der Waals surface area contributed by atoms with Crippen LogP contribution in [0.2, 0.25) is 0 Å². The Bertz CT molecular complexity index is 781. The Morgan fingerprint density at radius 1 is 1.18 bits per heavy atom. The number of carbonyl (C=O) groups is 1. The van der Waals surface area contributed by atoms with Gasteiger partial charge < -0.3 is 5.32 Å². The number of nitrogens with one attached hydrogen (secondary N) is 1. The molecule has 1 aliphatic heterocycles. The Labute approximate surface area is 135 Å². The highest BCUT2D eigenvalue weighted by Gasteiger charge is 2.21. The van der Waals surface area contributed by atoms with Gasteiger partial charge in [0.2, 0.25) is 0 Å². The molecule has 0 radical (unpaired) electrons. The summed E-state index contributed by atoms with van der Waals surface area (Å²) in [7, 11) is 0. The maximum atomic E-state index is 11.7. The molecule has 4 heteroatoms. The average Bonchev–Trinajstić information content (AvgIpc) is 2.65. The lowest BCUT2D eigenvalue weighted by Crippen LogP contribution is -2.20. The molecule has 0 fully saturated rings. The van der Waals surface area contributed by atoms with Crippen LogP contribution in [0.25, 0.3) is 0 Å². The van der Waals surface area contributed by atoms with E-state index < -0.39 is 0 Å². The Hall–Kier alpha value is -2.33. The van der Waals surface area contributed by atoms with Gasteiger partial charge in [-0.25, -0.2) is 0 Å². The third kappa shape index (κ3) is 2.70. The van der Waals surface area contributed by atoms with Crippen LogP contribution in [-0.2, 0) is 0 Å². The third-order valence-electron chi connectivity index (χ3n) is 3.69. The molecule has 0 bridgehead atoms. The molecule has 0 saturated heterocycles. The predicted octanol–water partition coefficient (Wildman–Crippen LogP) is 3.87. The molecular weight excluding hydrogens is 292 g/mol. The average molecular weight is 308 g/mol. The first-order chi connectivity index (χ1) is 10.6. The van der Waals surface area contributed by atoms with E-state index in [2.05, 4.69) is 5.32 Å². The van der Waals surface area contributed by atoms with Gasteiger partial charge in [-0.3, -0.25) is 9.79 Å². The number of thiocarbonyl (C=S) groups is 1. The van der Waals surface area contributed by atoms with Crippen molar-refractivity contribution in [2.75, 3.05) is 5.32 Å². The van der Waals surface area contributed by atoms with Crippen molar-refractivity contribution in [2.45, 2.75) is 19.9 Å². The lowest BCUT2D eigenvalue weighted by Gasteiger charge is -2.11. The highest BCUT2D eigenvalue weighted by atomic mass is 32.1. The van der Waals surface area contributed by atoms with Crippen molar-refractivity contribution in [3.8, 4) is 0 Å². The number of fused-ring (bicyclic) bond motifs is 1. The zero-order chi connectivity index (χ0) is 15.7. The zero-order valence-electron chi connectivity index (χ0n) is 12.5. The van der Waals surface area contributed by atoms with E-state index in [1.165, 1.54) is 0 Å². The second-order valence-electron chi connectivity index (χ2n) is 5.33. The van der Waals surface area contributed by atoms with Crippen molar-refractivity contribution in [1.29, 1.82) is 0 Å². The summed E-state index contributed by atoms with van der Waals surface area (Å²) in [4.78, 5) is 17.2. The third-order valence-corrected chi connectivity index (χ3v) is 4.13. The van der Waals surface area contributed by atoms with Crippen LogP contribution in [0.4, 0.5) is 5.69 Å². The summed E-state index contributed by atoms with van der Waals surface area (Å²) < 4.78 is 0. The van der Waals surface area contributed by atoms with Crippen LogP contribution in [-0.4, -0.2) is 22.5 Å². The molecule has 110 valence electrons. The summed E-state index contributed by atoms with van der Waals surface area (Å²) >= 11 is 5.39. The minimum absolute atomic E-state index is 0.0371. The van der Waals surface area contributed by atoms with Gasteiger partial charge in [0.1, 0.15) is 4.99 Å². The number of nitrogens with zero attached hydrogens (tertiary/aromatic N) is 1. The Morgan fingerprint density at radius 3 is 2.59 bits per heavy atom. The van der Waals surface area contributed by atoms with Crippen LogP contribution in [0.5, 0.6) is 0 Å². The molecule has 3 nitrogen and oxygen atoms in total. The van der Waals surface area contributed by atoms with E-state index >= 15 is 0 Å². The largest absolute Gasteiger partial charge is 0.348 e. The van der Waals surface area contributed by atoms with Crippen molar-refractivity contribution < 1.29 is 4.79 Å². The van der Waals surface area contributed by atoms with Crippen molar-refractivity contribution >= 4 is 34.4 Å². The van der Waals surface area contributed by atoms with Gasteiger partial charge in [-0.1, -0.05) is 42.5 Å². The second kappa shape index (κ2) is 5.81. The van der Waals surface area contributed by atoms with Crippen molar-refractivity contribution in [3.63, 3.8) is 0 Å². The quantitative estimate of drug-likeness (QED) is 0.676. The van der Waals surface area contributed by atoms with Gasteiger partial charge in [-0.05, 0) is 32.0 Å². The molecule has 2 aromatic carbocycles. The number of ketones is 1. The minimum Gasteiger partial charge on any atom is -0.348 e. The maximum Gasteiger partial charge on any atom is 0.159 e. The van der Waals surface area contributed by atoms with Crippen molar-refractivity contribution in [3.05, 3.63) is 65.2 Å². The first-order valence-corrected chi connectivity index (χ1v) is 7.56. The molecule has 1 unspecified atom stereocenters. The van der Waals surface area contributed by atoms with Crippen LogP contribution >= 0.6 is 12.2 Å². The minimum atomic E-state index is -0.113. The number of anilines is 1. The summed E-state index contributed by atoms with van der Waals surface area (Å²) in [6, 6.07) is 15.5. The van der Waals surface area contributed by atoms with E-state index in [9.17, 15) is 4.79 Å². The van der Waals surface area contributed by atoms with Gasteiger partial charge in [0.15, 0.2) is 5.78 Å². The zero-order valence-corrected chi connectivity index (χ0v) is 13.3. The van der Waals surface area contributed by atoms with Gasteiger partial charge in [0.25, 0.3) is 0 Å². The number of rotatable bonds is 2.